The number of benzene rings is 9. The fraction of sp³-hybridized carbons (Fsp3) is 0. The minimum absolute atomic E-state index is 1.12. The highest BCUT2D eigenvalue weighted by Gasteiger charge is 2.24. The molecule has 0 amide bonds. The average Bonchev–Trinajstić information content (AvgIpc) is 3.60. The molecule has 0 saturated carbocycles. The van der Waals surface area contributed by atoms with Crippen LogP contribution in [0.25, 0.3) is 71.6 Å². The van der Waals surface area contributed by atoms with Crippen LogP contribution in [0.1, 0.15) is 0 Å². The molecule has 2 nitrogen and oxygen atoms in total. The first-order valence-electron chi connectivity index (χ1n) is 18.5. The maximum atomic E-state index is 2.50. The molecule has 0 aliphatic rings. The lowest BCUT2D eigenvalue weighted by molar-refractivity contribution is 1.18. The van der Waals surface area contributed by atoms with Crippen LogP contribution >= 0.6 is 0 Å². The Hall–Kier alpha value is -7.16. The van der Waals surface area contributed by atoms with Crippen molar-refractivity contribution >= 4 is 49.6 Å². The van der Waals surface area contributed by atoms with Gasteiger partial charge in [-0.05, 0) is 75.7 Å². The van der Waals surface area contributed by atoms with Crippen molar-refractivity contribution in [1.82, 2.24) is 4.57 Å². The molecular weight excluding hydrogens is 653 g/mol. The summed E-state index contributed by atoms with van der Waals surface area (Å²) < 4.78 is 2.40. The van der Waals surface area contributed by atoms with E-state index in [4.69, 9.17) is 0 Å². The molecule has 1 heterocycles. The number of fused-ring (bicyclic) bond motifs is 4. The van der Waals surface area contributed by atoms with Crippen LogP contribution in [0.15, 0.2) is 218 Å². The van der Waals surface area contributed by atoms with E-state index < -0.39 is 0 Å². The van der Waals surface area contributed by atoms with Crippen LogP contribution in [-0.2, 0) is 0 Å². The van der Waals surface area contributed by atoms with E-state index in [-0.39, 0.29) is 0 Å². The SMILES string of the molecule is c1ccc(-c2ccc(-c3ccccc3N(c3ccc(-c4ccccc4)c4ccccc34)c3cccc4c3c3ccccc3n4-c3ccccc3)cc2)cc1. The zero-order valence-corrected chi connectivity index (χ0v) is 29.7. The van der Waals surface area contributed by atoms with Gasteiger partial charge in [0.25, 0.3) is 0 Å². The zero-order valence-electron chi connectivity index (χ0n) is 29.7. The Morgan fingerprint density at radius 2 is 0.796 bits per heavy atom. The molecule has 0 aliphatic carbocycles. The Balaban J connectivity index is 1.27. The van der Waals surface area contributed by atoms with Gasteiger partial charge in [-0.15, -0.1) is 0 Å². The fourth-order valence-corrected chi connectivity index (χ4v) is 8.16. The second-order valence-electron chi connectivity index (χ2n) is 13.7. The van der Waals surface area contributed by atoms with Crippen molar-refractivity contribution in [2.24, 2.45) is 0 Å². The van der Waals surface area contributed by atoms with Crippen LogP contribution in [0.2, 0.25) is 0 Å². The quantitative estimate of drug-likeness (QED) is 0.162. The highest BCUT2D eigenvalue weighted by molar-refractivity contribution is 6.18. The number of hydrogen-bond acceptors (Lipinski definition) is 1. The van der Waals surface area contributed by atoms with Crippen molar-refractivity contribution in [3.8, 4) is 39.1 Å². The lowest BCUT2D eigenvalue weighted by Crippen LogP contribution is -2.12. The van der Waals surface area contributed by atoms with Gasteiger partial charge in [0.2, 0.25) is 0 Å². The molecule has 9 aromatic carbocycles. The number of nitrogens with zero attached hydrogens (tertiary/aromatic N) is 2. The van der Waals surface area contributed by atoms with Crippen molar-refractivity contribution < 1.29 is 0 Å². The topological polar surface area (TPSA) is 8.17 Å². The van der Waals surface area contributed by atoms with E-state index >= 15 is 0 Å². The summed E-state index contributed by atoms with van der Waals surface area (Å²) in [5.74, 6) is 0. The molecule has 0 aliphatic heterocycles. The number of aromatic nitrogens is 1. The molecule has 1 aromatic heterocycles. The third-order valence-corrected chi connectivity index (χ3v) is 10.6. The van der Waals surface area contributed by atoms with Crippen LogP contribution in [-0.4, -0.2) is 4.57 Å². The van der Waals surface area contributed by atoms with Gasteiger partial charge in [0, 0.05) is 27.4 Å². The predicted molar refractivity (Wildman–Crippen MR) is 229 cm³/mol. The number of anilines is 3. The van der Waals surface area contributed by atoms with Crippen LogP contribution in [0.5, 0.6) is 0 Å². The normalized spacial score (nSPS) is 11.3. The Kier molecular flexibility index (Phi) is 7.85. The Bertz CT molecular complexity index is 2910. The number of para-hydroxylation sites is 3. The van der Waals surface area contributed by atoms with E-state index in [1.807, 2.05) is 0 Å². The van der Waals surface area contributed by atoms with Crippen LogP contribution < -0.4 is 4.90 Å². The van der Waals surface area contributed by atoms with Crippen LogP contribution in [0, 0.1) is 0 Å². The predicted octanol–water partition coefficient (Wildman–Crippen LogP) is 14.4. The standard InChI is InChI=1S/C52H36N2/c1-4-17-37(18-5-1)38-31-33-40(34-32-38)43-23-12-14-27-47(43)54(49-36-35-42(39-19-6-2-7-20-39)44-24-10-11-25-45(44)49)51-30-16-29-50-52(51)46-26-13-15-28-48(46)53(50)41-21-8-3-9-22-41/h1-36H. The lowest BCUT2D eigenvalue weighted by Gasteiger charge is -2.30. The number of rotatable bonds is 7. The lowest BCUT2D eigenvalue weighted by atomic mass is 9.95. The van der Waals surface area contributed by atoms with Crippen molar-refractivity contribution in [3.05, 3.63) is 218 Å². The van der Waals surface area contributed by atoms with Crippen molar-refractivity contribution in [2.45, 2.75) is 0 Å². The first kappa shape index (κ1) is 31.6. The van der Waals surface area contributed by atoms with Crippen molar-refractivity contribution in [3.63, 3.8) is 0 Å². The fourth-order valence-electron chi connectivity index (χ4n) is 8.16. The summed E-state index contributed by atoms with van der Waals surface area (Å²) in [4.78, 5) is 2.50. The van der Waals surface area contributed by atoms with E-state index in [0.29, 0.717) is 0 Å². The number of hydrogen-bond donors (Lipinski definition) is 0. The minimum Gasteiger partial charge on any atom is -0.309 e. The van der Waals surface area contributed by atoms with E-state index in [9.17, 15) is 0 Å². The molecule has 2 heteroatoms. The van der Waals surface area contributed by atoms with E-state index in [2.05, 4.69) is 228 Å². The maximum absolute atomic E-state index is 2.50. The van der Waals surface area contributed by atoms with Gasteiger partial charge in [0.1, 0.15) is 0 Å². The monoisotopic (exact) mass is 688 g/mol. The summed E-state index contributed by atoms with van der Waals surface area (Å²) in [5, 5.41) is 4.83. The van der Waals surface area contributed by atoms with Gasteiger partial charge >= 0.3 is 0 Å². The van der Waals surface area contributed by atoms with Gasteiger partial charge in [-0.2, -0.15) is 0 Å². The average molecular weight is 689 g/mol. The molecule has 0 fully saturated rings. The molecule has 0 bridgehead atoms. The summed E-state index contributed by atoms with van der Waals surface area (Å²) in [6.45, 7) is 0. The largest absolute Gasteiger partial charge is 0.309 e. The Morgan fingerprint density at radius 3 is 1.56 bits per heavy atom. The van der Waals surface area contributed by atoms with Gasteiger partial charge in [-0.25, -0.2) is 0 Å². The molecule has 0 N–H and O–H groups in total. The molecule has 0 atom stereocenters. The summed E-state index contributed by atoms with van der Waals surface area (Å²) in [6.07, 6.45) is 0. The molecule has 0 saturated heterocycles. The summed E-state index contributed by atoms with van der Waals surface area (Å²) in [5.41, 5.74) is 14.0. The smallest absolute Gasteiger partial charge is 0.0562 e. The van der Waals surface area contributed by atoms with Crippen LogP contribution in [0.4, 0.5) is 17.1 Å². The van der Waals surface area contributed by atoms with Gasteiger partial charge < -0.3 is 9.47 Å². The molecule has 254 valence electrons. The Morgan fingerprint density at radius 1 is 0.278 bits per heavy atom. The maximum Gasteiger partial charge on any atom is 0.0562 e. The molecule has 0 radical (unpaired) electrons. The Labute approximate surface area is 315 Å². The van der Waals surface area contributed by atoms with Gasteiger partial charge in [0.15, 0.2) is 0 Å². The van der Waals surface area contributed by atoms with Gasteiger partial charge in [-0.1, -0.05) is 176 Å². The highest BCUT2D eigenvalue weighted by atomic mass is 15.2. The molecule has 54 heavy (non-hydrogen) atoms. The van der Waals surface area contributed by atoms with E-state index in [1.165, 1.54) is 60.4 Å². The second-order valence-corrected chi connectivity index (χ2v) is 13.7. The second kappa shape index (κ2) is 13.4. The van der Waals surface area contributed by atoms with Gasteiger partial charge in [0.05, 0.1) is 28.1 Å². The third kappa shape index (κ3) is 5.36. The first-order valence-corrected chi connectivity index (χ1v) is 18.5. The molecule has 0 spiro atoms. The highest BCUT2D eigenvalue weighted by Crippen LogP contribution is 2.49. The summed E-state index contributed by atoms with van der Waals surface area (Å²) >= 11 is 0. The summed E-state index contributed by atoms with van der Waals surface area (Å²) in [7, 11) is 0. The van der Waals surface area contributed by atoms with Crippen molar-refractivity contribution in [1.29, 1.82) is 0 Å². The van der Waals surface area contributed by atoms with E-state index in [0.717, 1.165) is 28.3 Å². The summed E-state index contributed by atoms with van der Waals surface area (Å²) in [6, 6.07) is 78.9. The van der Waals surface area contributed by atoms with Crippen molar-refractivity contribution in [2.75, 3.05) is 4.90 Å². The molecular formula is C52H36N2. The van der Waals surface area contributed by atoms with E-state index in [1.54, 1.807) is 0 Å². The molecule has 10 rings (SSSR count). The van der Waals surface area contributed by atoms with Gasteiger partial charge in [-0.3, -0.25) is 0 Å². The third-order valence-electron chi connectivity index (χ3n) is 10.6. The zero-order chi connectivity index (χ0) is 35.8. The first-order chi connectivity index (χ1) is 26.8. The van der Waals surface area contributed by atoms with Crippen LogP contribution in [0.3, 0.4) is 0 Å². The molecule has 10 aromatic rings. The molecule has 0 unspecified atom stereocenters. The minimum atomic E-state index is 1.12.